The maximum absolute atomic E-state index is 12.7. The van der Waals surface area contributed by atoms with Crippen LogP contribution in [-0.2, 0) is 4.74 Å². The van der Waals surface area contributed by atoms with E-state index in [2.05, 4.69) is 10.6 Å². The Morgan fingerprint density at radius 1 is 1.10 bits per heavy atom. The fourth-order valence-electron chi connectivity index (χ4n) is 3.39. The van der Waals surface area contributed by atoms with Gasteiger partial charge >= 0.3 is 6.03 Å². The van der Waals surface area contributed by atoms with E-state index in [1.54, 1.807) is 36.3 Å². The van der Waals surface area contributed by atoms with Crippen molar-refractivity contribution in [2.45, 2.75) is 25.0 Å². The van der Waals surface area contributed by atoms with Crippen LogP contribution in [0.2, 0.25) is 0 Å². The summed E-state index contributed by atoms with van der Waals surface area (Å²) in [6.07, 6.45) is 0.436. The van der Waals surface area contributed by atoms with Crippen molar-refractivity contribution in [3.63, 3.8) is 0 Å². The number of nitrogens with zero attached hydrogens (tertiary/aromatic N) is 1. The molecule has 31 heavy (non-hydrogen) atoms. The summed E-state index contributed by atoms with van der Waals surface area (Å²) in [4.78, 5) is 27.0. The van der Waals surface area contributed by atoms with Crippen LogP contribution in [-0.4, -0.2) is 67.5 Å². The van der Waals surface area contributed by atoms with Gasteiger partial charge in [-0.3, -0.25) is 4.79 Å². The van der Waals surface area contributed by atoms with Gasteiger partial charge < -0.3 is 30.1 Å². The molecule has 0 aliphatic carbocycles. The first-order valence-electron chi connectivity index (χ1n) is 10.4. The molecular weight excluding hydrogens is 398 g/mol. The number of hydrogen-bond acceptors (Lipinski definition) is 5. The molecule has 0 bridgehead atoms. The fourth-order valence-corrected chi connectivity index (χ4v) is 3.39. The number of rotatable bonds is 7. The van der Waals surface area contributed by atoms with Crippen LogP contribution in [0.15, 0.2) is 54.6 Å². The number of benzene rings is 2. The van der Waals surface area contributed by atoms with Crippen molar-refractivity contribution < 1.29 is 24.2 Å². The summed E-state index contributed by atoms with van der Waals surface area (Å²) in [5, 5.41) is 16.2. The Balaban J connectivity index is 1.59. The van der Waals surface area contributed by atoms with Crippen LogP contribution in [0.3, 0.4) is 0 Å². The molecule has 0 radical (unpaired) electrons. The Hall–Kier alpha value is -3.10. The van der Waals surface area contributed by atoms with Crippen LogP contribution in [0.25, 0.3) is 0 Å². The van der Waals surface area contributed by atoms with Crippen molar-refractivity contribution in [1.82, 2.24) is 10.2 Å². The lowest BCUT2D eigenvalue weighted by atomic mass is 10.1. The molecule has 3 rings (SSSR count). The molecule has 8 nitrogen and oxygen atoms in total. The average molecular weight is 428 g/mol. The molecule has 2 aromatic rings. The summed E-state index contributed by atoms with van der Waals surface area (Å²) in [6, 6.07) is 15.1. The minimum Gasteiger partial charge on any atom is -0.491 e. The Kier molecular flexibility index (Phi) is 8.26. The number of anilines is 1. The molecule has 1 heterocycles. The van der Waals surface area contributed by atoms with E-state index in [-0.39, 0.29) is 18.5 Å². The normalized spacial score (nSPS) is 18.7. The summed E-state index contributed by atoms with van der Waals surface area (Å²) in [5.41, 5.74) is 1.15. The Morgan fingerprint density at radius 2 is 1.84 bits per heavy atom. The maximum Gasteiger partial charge on any atom is 0.321 e. The van der Waals surface area contributed by atoms with Crippen molar-refractivity contribution in [2.75, 3.05) is 38.7 Å². The van der Waals surface area contributed by atoms with E-state index in [4.69, 9.17) is 9.47 Å². The molecule has 0 aromatic heterocycles. The van der Waals surface area contributed by atoms with Crippen molar-refractivity contribution in [1.29, 1.82) is 0 Å². The van der Waals surface area contributed by atoms with E-state index in [9.17, 15) is 14.7 Å². The first kappa shape index (κ1) is 22.6. The number of para-hydroxylation sites is 1. The summed E-state index contributed by atoms with van der Waals surface area (Å²) >= 11 is 0. The number of carbonyl (C=O) groups excluding carboxylic acids is 2. The Bertz CT molecular complexity index is 844. The van der Waals surface area contributed by atoms with E-state index < -0.39 is 12.1 Å². The number of aliphatic hydroxyl groups is 1. The smallest absolute Gasteiger partial charge is 0.321 e. The molecule has 2 aromatic carbocycles. The zero-order valence-corrected chi connectivity index (χ0v) is 17.6. The molecule has 1 saturated heterocycles. The second-order valence-electron chi connectivity index (χ2n) is 7.40. The lowest BCUT2D eigenvalue weighted by molar-refractivity contribution is 0.0811. The van der Waals surface area contributed by atoms with Gasteiger partial charge in [0.2, 0.25) is 0 Å². The van der Waals surface area contributed by atoms with Crippen LogP contribution < -0.4 is 15.4 Å². The number of likely N-dealkylation sites (tertiary alicyclic amines) is 1. The molecular formula is C23H29N3O5. The van der Waals surface area contributed by atoms with Gasteiger partial charge in [0.15, 0.2) is 0 Å². The van der Waals surface area contributed by atoms with E-state index in [0.29, 0.717) is 49.6 Å². The number of nitrogens with one attached hydrogen (secondary N) is 2. The predicted molar refractivity (Wildman–Crippen MR) is 117 cm³/mol. The Labute approximate surface area is 182 Å². The zero-order valence-electron chi connectivity index (χ0n) is 17.6. The second kappa shape index (κ2) is 11.3. The highest BCUT2D eigenvalue weighted by molar-refractivity contribution is 5.94. The summed E-state index contributed by atoms with van der Waals surface area (Å²) in [6.45, 7) is 1.65. The molecule has 2 atom stereocenters. The first-order chi connectivity index (χ1) is 15.1. The molecule has 1 fully saturated rings. The highest BCUT2D eigenvalue weighted by Crippen LogP contribution is 2.16. The summed E-state index contributed by atoms with van der Waals surface area (Å²) in [5.74, 6) is 0.338. The van der Waals surface area contributed by atoms with Crippen LogP contribution in [0, 0.1) is 0 Å². The molecule has 3 amide bonds. The second-order valence-corrected chi connectivity index (χ2v) is 7.40. The van der Waals surface area contributed by atoms with E-state index >= 15 is 0 Å². The molecule has 2 unspecified atom stereocenters. The standard InChI is InChI=1S/C23H29N3O5/c1-30-14-15-31-19-11-9-17(10-12-19)22(28)25-20-16-26(13-5-8-21(20)27)23(29)24-18-6-3-2-4-7-18/h2-4,6-7,9-12,20-21,27H,5,8,13-16H2,1H3,(H,24,29)(H,25,28). The van der Waals surface area contributed by atoms with Gasteiger partial charge in [0.05, 0.1) is 18.8 Å². The van der Waals surface area contributed by atoms with Gasteiger partial charge in [0.1, 0.15) is 12.4 Å². The quantitative estimate of drug-likeness (QED) is 0.590. The molecule has 1 aliphatic heterocycles. The average Bonchev–Trinajstić information content (AvgIpc) is 2.96. The fraction of sp³-hybridized carbons (Fsp3) is 0.391. The molecule has 166 valence electrons. The van der Waals surface area contributed by atoms with Crippen LogP contribution in [0.4, 0.5) is 10.5 Å². The van der Waals surface area contributed by atoms with Gasteiger partial charge in [-0.25, -0.2) is 4.79 Å². The lowest BCUT2D eigenvalue weighted by Gasteiger charge is -2.27. The monoisotopic (exact) mass is 427 g/mol. The molecule has 0 spiro atoms. The number of hydrogen-bond donors (Lipinski definition) is 3. The van der Waals surface area contributed by atoms with Crippen molar-refractivity contribution in [3.8, 4) is 5.75 Å². The van der Waals surface area contributed by atoms with E-state index in [0.717, 1.165) is 0 Å². The van der Waals surface area contributed by atoms with Gasteiger partial charge in [-0.15, -0.1) is 0 Å². The third kappa shape index (κ3) is 6.70. The number of aliphatic hydroxyl groups excluding tert-OH is 1. The first-order valence-corrected chi connectivity index (χ1v) is 10.4. The van der Waals surface area contributed by atoms with Crippen LogP contribution in [0.5, 0.6) is 5.75 Å². The molecule has 1 aliphatic rings. The zero-order chi connectivity index (χ0) is 22.1. The molecule has 8 heteroatoms. The number of urea groups is 1. The minimum atomic E-state index is -0.727. The maximum atomic E-state index is 12.7. The van der Waals surface area contributed by atoms with Gasteiger partial charge in [-0.1, -0.05) is 18.2 Å². The largest absolute Gasteiger partial charge is 0.491 e. The summed E-state index contributed by atoms with van der Waals surface area (Å²) in [7, 11) is 1.60. The highest BCUT2D eigenvalue weighted by atomic mass is 16.5. The summed E-state index contributed by atoms with van der Waals surface area (Å²) < 4.78 is 10.4. The number of ether oxygens (including phenoxy) is 2. The van der Waals surface area contributed by atoms with Crippen molar-refractivity contribution in [3.05, 3.63) is 60.2 Å². The van der Waals surface area contributed by atoms with Gasteiger partial charge in [-0.2, -0.15) is 0 Å². The molecule has 0 saturated carbocycles. The van der Waals surface area contributed by atoms with E-state index in [1.165, 1.54) is 0 Å². The van der Waals surface area contributed by atoms with Gasteiger partial charge in [0.25, 0.3) is 5.91 Å². The number of amides is 3. The third-order valence-corrected chi connectivity index (χ3v) is 5.11. The number of carbonyl (C=O) groups is 2. The van der Waals surface area contributed by atoms with Crippen molar-refractivity contribution in [2.24, 2.45) is 0 Å². The number of methoxy groups -OCH3 is 1. The predicted octanol–water partition coefficient (Wildman–Crippen LogP) is 2.50. The van der Waals surface area contributed by atoms with Crippen LogP contribution in [0.1, 0.15) is 23.2 Å². The topological polar surface area (TPSA) is 100 Å². The molecule has 3 N–H and O–H groups in total. The minimum absolute atomic E-state index is 0.226. The van der Waals surface area contributed by atoms with Gasteiger partial charge in [-0.05, 0) is 49.2 Å². The van der Waals surface area contributed by atoms with Crippen LogP contribution >= 0.6 is 0 Å². The van der Waals surface area contributed by atoms with Crippen molar-refractivity contribution >= 4 is 17.6 Å². The van der Waals surface area contributed by atoms with E-state index in [1.807, 2.05) is 30.3 Å². The Morgan fingerprint density at radius 3 is 2.55 bits per heavy atom. The third-order valence-electron chi connectivity index (χ3n) is 5.11. The van der Waals surface area contributed by atoms with Gasteiger partial charge in [0, 0.05) is 31.5 Å². The lowest BCUT2D eigenvalue weighted by Crippen LogP contribution is -2.50. The SMILES string of the molecule is COCCOc1ccc(C(=O)NC2CN(C(=O)Nc3ccccc3)CCCC2O)cc1. The highest BCUT2D eigenvalue weighted by Gasteiger charge is 2.29.